The highest BCUT2D eigenvalue weighted by molar-refractivity contribution is 14.1. The summed E-state index contributed by atoms with van der Waals surface area (Å²) in [6.07, 6.45) is 0. The molecule has 2 heteroatoms. The second-order valence-corrected chi connectivity index (χ2v) is 6.20. The molecule has 0 bridgehead atoms. The van der Waals surface area contributed by atoms with Crippen molar-refractivity contribution < 1.29 is 0 Å². The Balaban J connectivity index is 2.44. The molecule has 0 aliphatic carbocycles. The van der Waals surface area contributed by atoms with Crippen LogP contribution in [0.2, 0.25) is 0 Å². The van der Waals surface area contributed by atoms with Crippen LogP contribution in [0, 0.1) is 24.3 Å². The van der Waals surface area contributed by atoms with E-state index in [-0.39, 0.29) is 5.38 Å². The second-order valence-electron chi connectivity index (χ2n) is 4.68. The Morgan fingerprint density at radius 1 is 0.944 bits per heavy atom. The Hall–Kier alpha value is -0.540. The van der Waals surface area contributed by atoms with Crippen molar-refractivity contribution in [2.45, 2.75) is 26.1 Å². The minimum atomic E-state index is -0.0731. The van der Waals surface area contributed by atoms with Gasteiger partial charge in [0.05, 0.1) is 5.38 Å². The molecule has 2 aromatic carbocycles. The van der Waals surface area contributed by atoms with Crippen molar-refractivity contribution in [1.29, 1.82) is 0 Å². The lowest BCUT2D eigenvalue weighted by Gasteiger charge is -2.15. The molecule has 18 heavy (non-hydrogen) atoms. The fourth-order valence-corrected chi connectivity index (χ4v) is 3.14. The third-order valence-electron chi connectivity index (χ3n) is 3.32. The lowest BCUT2D eigenvalue weighted by atomic mass is 9.99. The predicted octanol–water partition coefficient (Wildman–Crippen LogP) is 5.54. The van der Waals surface area contributed by atoms with Gasteiger partial charge >= 0.3 is 0 Å². The lowest BCUT2D eigenvalue weighted by Crippen LogP contribution is -1.99. The summed E-state index contributed by atoms with van der Waals surface area (Å²) in [7, 11) is 0. The van der Waals surface area contributed by atoms with Gasteiger partial charge in [-0.25, -0.2) is 0 Å². The zero-order valence-electron chi connectivity index (χ0n) is 10.8. The van der Waals surface area contributed by atoms with Gasteiger partial charge in [0.2, 0.25) is 0 Å². The van der Waals surface area contributed by atoms with E-state index in [0.717, 1.165) is 0 Å². The predicted molar refractivity (Wildman–Crippen MR) is 87.5 cm³/mol. The smallest absolute Gasteiger partial charge is 0.0845 e. The van der Waals surface area contributed by atoms with E-state index in [9.17, 15) is 0 Å². The molecule has 94 valence electrons. The Morgan fingerprint density at radius 2 is 1.67 bits per heavy atom. The fraction of sp³-hybridized carbons (Fsp3) is 0.250. The average Bonchev–Trinajstić information content (AvgIpc) is 2.35. The van der Waals surface area contributed by atoms with E-state index in [0.29, 0.717) is 0 Å². The molecule has 0 fully saturated rings. The van der Waals surface area contributed by atoms with Crippen LogP contribution in [0.3, 0.4) is 0 Å². The summed E-state index contributed by atoms with van der Waals surface area (Å²) in [5.41, 5.74) is 6.24. The van der Waals surface area contributed by atoms with Crippen molar-refractivity contribution in [3.05, 3.63) is 67.8 Å². The van der Waals surface area contributed by atoms with Gasteiger partial charge in [0.25, 0.3) is 0 Å². The van der Waals surface area contributed by atoms with Gasteiger partial charge in [-0.05, 0) is 71.2 Å². The molecule has 0 heterocycles. The number of aryl methyl sites for hydroxylation is 3. The molecule has 0 amide bonds. The van der Waals surface area contributed by atoms with Gasteiger partial charge in [0.15, 0.2) is 0 Å². The lowest BCUT2D eigenvalue weighted by molar-refractivity contribution is 1.10. The van der Waals surface area contributed by atoms with E-state index in [1.807, 2.05) is 0 Å². The van der Waals surface area contributed by atoms with Gasteiger partial charge in [0.1, 0.15) is 0 Å². The normalized spacial score (nSPS) is 12.5. The number of rotatable bonds is 2. The molecule has 0 saturated carbocycles. The summed E-state index contributed by atoms with van der Waals surface area (Å²) < 4.78 is 1.26. The Morgan fingerprint density at radius 3 is 2.33 bits per heavy atom. The summed E-state index contributed by atoms with van der Waals surface area (Å²) in [6.45, 7) is 6.37. The first-order chi connectivity index (χ1) is 8.50. The minimum absolute atomic E-state index is 0.0731. The van der Waals surface area contributed by atoms with Crippen LogP contribution < -0.4 is 0 Å². The molecule has 0 nitrogen and oxygen atoms in total. The van der Waals surface area contributed by atoms with Crippen molar-refractivity contribution in [2.24, 2.45) is 0 Å². The topological polar surface area (TPSA) is 0 Å². The molecule has 0 saturated heterocycles. The molecule has 2 rings (SSSR count). The van der Waals surface area contributed by atoms with E-state index in [1.54, 1.807) is 0 Å². The fourth-order valence-electron chi connectivity index (χ4n) is 1.97. The second kappa shape index (κ2) is 5.62. The van der Waals surface area contributed by atoms with Gasteiger partial charge in [-0.15, -0.1) is 11.6 Å². The summed E-state index contributed by atoms with van der Waals surface area (Å²) >= 11 is 9.01. The van der Waals surface area contributed by atoms with Gasteiger partial charge in [0, 0.05) is 3.57 Å². The molecule has 0 aliphatic heterocycles. The van der Waals surface area contributed by atoms with Gasteiger partial charge in [-0.2, -0.15) is 0 Å². The molecular weight excluding hydrogens is 355 g/mol. The van der Waals surface area contributed by atoms with Crippen molar-refractivity contribution in [2.75, 3.05) is 0 Å². The van der Waals surface area contributed by atoms with Crippen molar-refractivity contribution >= 4 is 34.2 Å². The zero-order chi connectivity index (χ0) is 13.3. The first-order valence-electron chi connectivity index (χ1n) is 5.97. The van der Waals surface area contributed by atoms with Gasteiger partial charge in [-0.3, -0.25) is 0 Å². The molecule has 0 spiro atoms. The molecule has 2 aromatic rings. The SMILES string of the molecule is Cc1ccc(C(Cl)c2cccc(C)c2I)cc1C. The molecule has 0 aliphatic rings. The molecule has 0 N–H and O–H groups in total. The minimum Gasteiger partial charge on any atom is -0.113 e. The van der Waals surface area contributed by atoms with Crippen LogP contribution >= 0.6 is 34.2 Å². The maximum Gasteiger partial charge on any atom is 0.0845 e. The number of halogens is 2. The van der Waals surface area contributed by atoms with Crippen molar-refractivity contribution in [3.63, 3.8) is 0 Å². The summed E-state index contributed by atoms with van der Waals surface area (Å²) in [5, 5.41) is -0.0731. The highest BCUT2D eigenvalue weighted by atomic mass is 127. The monoisotopic (exact) mass is 370 g/mol. The first kappa shape index (κ1) is 13.9. The van der Waals surface area contributed by atoms with E-state index in [2.05, 4.69) is 79.8 Å². The molecular formula is C16H16ClI. The zero-order valence-corrected chi connectivity index (χ0v) is 13.7. The highest BCUT2D eigenvalue weighted by Crippen LogP contribution is 2.33. The van der Waals surface area contributed by atoms with E-state index < -0.39 is 0 Å². The standard InChI is InChI=1S/C16H16ClI/c1-10-7-8-13(9-12(10)3)15(17)14-6-4-5-11(2)16(14)18/h4-9,15H,1-3H3. The van der Waals surface area contributed by atoms with Crippen molar-refractivity contribution in [1.82, 2.24) is 0 Å². The Bertz CT molecular complexity index is 575. The van der Waals surface area contributed by atoms with Crippen LogP contribution in [0.4, 0.5) is 0 Å². The third kappa shape index (κ3) is 2.72. The van der Waals surface area contributed by atoms with Crippen LogP contribution in [-0.2, 0) is 0 Å². The molecule has 1 unspecified atom stereocenters. The number of benzene rings is 2. The molecule has 0 radical (unpaired) electrons. The first-order valence-corrected chi connectivity index (χ1v) is 7.48. The number of hydrogen-bond acceptors (Lipinski definition) is 0. The molecule has 0 aromatic heterocycles. The Labute approximate surface area is 128 Å². The Kier molecular flexibility index (Phi) is 4.33. The van der Waals surface area contributed by atoms with E-state index in [4.69, 9.17) is 11.6 Å². The van der Waals surface area contributed by atoms with Crippen LogP contribution in [0.25, 0.3) is 0 Å². The maximum absolute atomic E-state index is 6.63. The van der Waals surface area contributed by atoms with Crippen LogP contribution in [0.15, 0.2) is 36.4 Å². The largest absolute Gasteiger partial charge is 0.113 e. The van der Waals surface area contributed by atoms with Crippen LogP contribution in [0.5, 0.6) is 0 Å². The summed E-state index contributed by atoms with van der Waals surface area (Å²) in [4.78, 5) is 0. The van der Waals surface area contributed by atoms with Gasteiger partial charge < -0.3 is 0 Å². The summed E-state index contributed by atoms with van der Waals surface area (Å²) in [6, 6.07) is 12.8. The van der Waals surface area contributed by atoms with Crippen molar-refractivity contribution in [3.8, 4) is 0 Å². The third-order valence-corrected chi connectivity index (χ3v) is 5.28. The van der Waals surface area contributed by atoms with E-state index in [1.165, 1.54) is 31.4 Å². The highest BCUT2D eigenvalue weighted by Gasteiger charge is 2.15. The number of alkyl halides is 1. The number of hydrogen-bond donors (Lipinski definition) is 0. The summed E-state index contributed by atoms with van der Waals surface area (Å²) in [5.74, 6) is 0. The quantitative estimate of drug-likeness (QED) is 0.480. The molecule has 1 atom stereocenters. The average molecular weight is 371 g/mol. The maximum atomic E-state index is 6.63. The van der Waals surface area contributed by atoms with Gasteiger partial charge in [-0.1, -0.05) is 36.4 Å². The van der Waals surface area contributed by atoms with Crippen LogP contribution in [0.1, 0.15) is 33.2 Å². The van der Waals surface area contributed by atoms with E-state index >= 15 is 0 Å². The van der Waals surface area contributed by atoms with Crippen LogP contribution in [-0.4, -0.2) is 0 Å².